The second-order valence-electron chi connectivity index (χ2n) is 7.28. The predicted octanol–water partition coefficient (Wildman–Crippen LogP) is 3.95. The summed E-state index contributed by atoms with van der Waals surface area (Å²) in [5.74, 6) is 2.39. The molecule has 0 unspecified atom stereocenters. The highest BCUT2D eigenvalue weighted by Crippen LogP contribution is 2.43. The molecule has 0 spiro atoms. The molecule has 2 aromatic rings. The Morgan fingerprint density at radius 1 is 1.00 bits per heavy atom. The first-order chi connectivity index (χ1) is 12.2. The molecule has 0 N–H and O–H groups in total. The van der Waals surface area contributed by atoms with Crippen LogP contribution in [0.1, 0.15) is 11.6 Å². The van der Waals surface area contributed by atoms with Gasteiger partial charge in [0.25, 0.3) is 0 Å². The van der Waals surface area contributed by atoms with Gasteiger partial charge in [-0.1, -0.05) is 41.9 Å². The highest BCUT2D eigenvalue weighted by molar-refractivity contribution is 6.30. The molecule has 2 aromatic carbocycles. The van der Waals surface area contributed by atoms with Crippen molar-refractivity contribution >= 4 is 11.6 Å². The van der Waals surface area contributed by atoms with Gasteiger partial charge in [-0.2, -0.15) is 0 Å². The van der Waals surface area contributed by atoms with E-state index in [4.69, 9.17) is 16.3 Å². The number of nitrogens with zero attached hydrogens (tertiary/aromatic N) is 2. The average Bonchev–Trinajstić information content (AvgIpc) is 3.13. The van der Waals surface area contributed by atoms with Gasteiger partial charge in [0.1, 0.15) is 12.4 Å². The summed E-state index contributed by atoms with van der Waals surface area (Å²) in [5.41, 5.74) is 1.46. The van der Waals surface area contributed by atoms with Gasteiger partial charge in [-0.25, -0.2) is 0 Å². The van der Waals surface area contributed by atoms with Crippen LogP contribution in [0, 0.1) is 11.8 Å². The molecule has 132 valence electrons. The molecule has 3 atom stereocenters. The first-order valence-corrected chi connectivity index (χ1v) is 9.44. The van der Waals surface area contributed by atoms with Crippen LogP contribution in [0.5, 0.6) is 5.75 Å². The van der Waals surface area contributed by atoms with E-state index >= 15 is 0 Å². The highest BCUT2D eigenvalue weighted by Gasteiger charge is 2.45. The Balaban J connectivity index is 1.33. The predicted molar refractivity (Wildman–Crippen MR) is 102 cm³/mol. The Morgan fingerprint density at radius 3 is 2.52 bits per heavy atom. The number of rotatable bonds is 5. The molecule has 0 aliphatic carbocycles. The second kappa shape index (κ2) is 7.36. The molecule has 3 nitrogen and oxygen atoms in total. The van der Waals surface area contributed by atoms with Gasteiger partial charge in [0, 0.05) is 37.2 Å². The molecule has 2 aliphatic heterocycles. The fourth-order valence-electron chi connectivity index (χ4n) is 4.51. The quantitative estimate of drug-likeness (QED) is 0.806. The number of hydrogen-bond acceptors (Lipinski definition) is 3. The van der Waals surface area contributed by atoms with Gasteiger partial charge in [-0.05, 0) is 48.7 Å². The summed E-state index contributed by atoms with van der Waals surface area (Å²) in [7, 11) is 2.27. The fourth-order valence-corrected chi connectivity index (χ4v) is 4.63. The Bertz CT molecular complexity index is 691. The highest BCUT2D eigenvalue weighted by atomic mass is 35.5. The minimum atomic E-state index is 0.549. The maximum Gasteiger partial charge on any atom is 0.119 e. The number of likely N-dealkylation sites (tertiary alicyclic amines) is 2. The first kappa shape index (κ1) is 16.9. The number of hydrogen-bond donors (Lipinski definition) is 0. The molecule has 0 aromatic heterocycles. The van der Waals surface area contributed by atoms with Crippen molar-refractivity contribution in [1.29, 1.82) is 0 Å². The van der Waals surface area contributed by atoms with Crippen LogP contribution in [0.3, 0.4) is 0 Å². The Morgan fingerprint density at radius 2 is 1.76 bits per heavy atom. The van der Waals surface area contributed by atoms with Crippen LogP contribution in [0.4, 0.5) is 0 Å². The summed E-state index contributed by atoms with van der Waals surface area (Å²) in [6, 6.07) is 19.1. The lowest BCUT2D eigenvalue weighted by molar-refractivity contribution is 0.198. The molecule has 4 heteroatoms. The zero-order valence-corrected chi connectivity index (χ0v) is 15.4. The van der Waals surface area contributed by atoms with Crippen molar-refractivity contribution in [2.24, 2.45) is 11.8 Å². The van der Waals surface area contributed by atoms with Crippen molar-refractivity contribution in [1.82, 2.24) is 9.80 Å². The summed E-state index contributed by atoms with van der Waals surface area (Å²) >= 11 is 5.91. The minimum Gasteiger partial charge on any atom is -0.492 e. The zero-order chi connectivity index (χ0) is 17.2. The summed E-state index contributed by atoms with van der Waals surface area (Å²) < 4.78 is 5.87. The van der Waals surface area contributed by atoms with Gasteiger partial charge in [-0.3, -0.25) is 9.80 Å². The molecule has 25 heavy (non-hydrogen) atoms. The van der Waals surface area contributed by atoms with Gasteiger partial charge >= 0.3 is 0 Å². The first-order valence-electron chi connectivity index (χ1n) is 9.06. The average molecular weight is 357 g/mol. The summed E-state index contributed by atoms with van der Waals surface area (Å²) in [6.45, 7) is 5.26. The van der Waals surface area contributed by atoms with Crippen molar-refractivity contribution in [2.45, 2.75) is 6.04 Å². The lowest BCUT2D eigenvalue weighted by Crippen LogP contribution is -2.31. The lowest BCUT2D eigenvalue weighted by Gasteiger charge is -2.26. The van der Waals surface area contributed by atoms with E-state index in [2.05, 4.69) is 47.2 Å². The Labute approximate surface area is 155 Å². The molecule has 2 heterocycles. The second-order valence-corrected chi connectivity index (χ2v) is 7.72. The SMILES string of the molecule is CN1C[C@H]2CN(CCOc3ccc(Cl)cc3)C[C@H]2[C@@H]1c1ccccc1. The van der Waals surface area contributed by atoms with E-state index in [0.717, 1.165) is 35.8 Å². The van der Waals surface area contributed by atoms with Crippen molar-refractivity contribution in [3.05, 3.63) is 65.2 Å². The van der Waals surface area contributed by atoms with E-state index in [0.29, 0.717) is 6.04 Å². The zero-order valence-electron chi connectivity index (χ0n) is 14.6. The van der Waals surface area contributed by atoms with Gasteiger partial charge in [0.2, 0.25) is 0 Å². The van der Waals surface area contributed by atoms with Crippen LogP contribution in [-0.2, 0) is 0 Å². The van der Waals surface area contributed by atoms with E-state index in [1.165, 1.54) is 25.2 Å². The Kier molecular flexibility index (Phi) is 4.98. The van der Waals surface area contributed by atoms with Crippen molar-refractivity contribution in [3.63, 3.8) is 0 Å². The molecule has 2 fully saturated rings. The number of benzene rings is 2. The van der Waals surface area contributed by atoms with Gasteiger partial charge in [0.15, 0.2) is 0 Å². The van der Waals surface area contributed by atoms with Crippen LogP contribution in [0.2, 0.25) is 5.02 Å². The maximum atomic E-state index is 5.91. The number of ether oxygens (including phenoxy) is 1. The van der Waals surface area contributed by atoms with E-state index in [1.807, 2.05) is 24.3 Å². The van der Waals surface area contributed by atoms with Crippen LogP contribution in [0.15, 0.2) is 54.6 Å². The normalized spacial score (nSPS) is 26.7. The molecular weight excluding hydrogens is 332 g/mol. The topological polar surface area (TPSA) is 15.7 Å². The number of halogens is 1. The molecule has 0 radical (unpaired) electrons. The minimum absolute atomic E-state index is 0.549. The monoisotopic (exact) mass is 356 g/mol. The van der Waals surface area contributed by atoms with Crippen molar-refractivity contribution in [3.8, 4) is 5.75 Å². The Hall–Kier alpha value is -1.55. The molecular formula is C21H25ClN2O. The van der Waals surface area contributed by atoms with Crippen LogP contribution >= 0.6 is 11.6 Å². The third-order valence-corrected chi connectivity index (χ3v) is 5.85. The van der Waals surface area contributed by atoms with E-state index < -0.39 is 0 Å². The van der Waals surface area contributed by atoms with E-state index in [1.54, 1.807) is 0 Å². The molecule has 0 bridgehead atoms. The fraction of sp³-hybridized carbons (Fsp3) is 0.429. The molecule has 0 saturated carbocycles. The van der Waals surface area contributed by atoms with Crippen LogP contribution in [0.25, 0.3) is 0 Å². The molecule has 2 aliphatic rings. The van der Waals surface area contributed by atoms with Gasteiger partial charge < -0.3 is 4.74 Å². The van der Waals surface area contributed by atoms with Crippen LogP contribution in [-0.4, -0.2) is 49.6 Å². The van der Waals surface area contributed by atoms with Crippen molar-refractivity contribution < 1.29 is 4.74 Å². The lowest BCUT2D eigenvalue weighted by atomic mass is 9.90. The largest absolute Gasteiger partial charge is 0.492 e. The third-order valence-electron chi connectivity index (χ3n) is 5.60. The number of fused-ring (bicyclic) bond motifs is 1. The molecule has 4 rings (SSSR count). The molecule has 0 amide bonds. The van der Waals surface area contributed by atoms with E-state index in [9.17, 15) is 0 Å². The third kappa shape index (κ3) is 3.69. The molecule has 2 saturated heterocycles. The van der Waals surface area contributed by atoms with Gasteiger partial charge in [0.05, 0.1) is 0 Å². The van der Waals surface area contributed by atoms with E-state index in [-0.39, 0.29) is 0 Å². The standard InChI is InChI=1S/C21H25ClN2O/c1-23-13-17-14-24(11-12-25-19-9-7-18(22)8-10-19)15-20(17)21(23)16-5-3-2-4-6-16/h2-10,17,20-21H,11-15H2,1H3/t17-,20+,21-/m0/s1. The van der Waals surface area contributed by atoms with Crippen LogP contribution < -0.4 is 4.74 Å². The summed E-state index contributed by atoms with van der Waals surface area (Å²) in [6.07, 6.45) is 0. The maximum absolute atomic E-state index is 5.91. The summed E-state index contributed by atoms with van der Waals surface area (Å²) in [5, 5.41) is 0.746. The van der Waals surface area contributed by atoms with Gasteiger partial charge in [-0.15, -0.1) is 0 Å². The summed E-state index contributed by atoms with van der Waals surface area (Å²) in [4.78, 5) is 5.10. The van der Waals surface area contributed by atoms with Crippen molar-refractivity contribution in [2.75, 3.05) is 39.8 Å². The smallest absolute Gasteiger partial charge is 0.119 e.